The minimum Gasteiger partial charge on any atom is -0.504 e. The number of hydrogen-bond acceptors (Lipinski definition) is 4. The number of allylic oxidation sites excluding steroid dienone is 1. The summed E-state index contributed by atoms with van der Waals surface area (Å²) in [4.78, 5) is 0.0233. The molecule has 1 aliphatic rings. The van der Waals surface area contributed by atoms with Gasteiger partial charge in [-0.25, -0.2) is 8.42 Å². The molecule has 0 radical (unpaired) electrons. The Labute approximate surface area is 106 Å². The van der Waals surface area contributed by atoms with Crippen LogP contribution in [0, 0.1) is 11.3 Å². The van der Waals surface area contributed by atoms with Gasteiger partial charge in [-0.05, 0) is 26.0 Å². The molecule has 5 nitrogen and oxygen atoms in total. The number of fused-ring (bicyclic) bond motifs is 1. The van der Waals surface area contributed by atoms with Gasteiger partial charge in [-0.3, -0.25) is 4.31 Å². The number of nitriles is 1. The van der Waals surface area contributed by atoms with Crippen molar-refractivity contribution in [1.29, 1.82) is 5.26 Å². The third-order valence-corrected chi connectivity index (χ3v) is 4.73. The summed E-state index contributed by atoms with van der Waals surface area (Å²) in [5, 5.41) is 19.1. The molecule has 1 aromatic rings. The van der Waals surface area contributed by atoms with Gasteiger partial charge in [0.1, 0.15) is 6.07 Å². The lowest BCUT2D eigenvalue weighted by molar-refractivity contribution is 0.401. The van der Waals surface area contributed by atoms with Crippen molar-refractivity contribution in [3.05, 3.63) is 35.5 Å². The minimum absolute atomic E-state index is 0.0233. The molecule has 0 atom stereocenters. The van der Waals surface area contributed by atoms with Gasteiger partial charge in [-0.15, -0.1) is 0 Å². The Kier molecular flexibility index (Phi) is 2.79. The Morgan fingerprint density at radius 1 is 1.33 bits per heavy atom. The fraction of sp³-hybridized carbons (Fsp3) is 0.250. The van der Waals surface area contributed by atoms with Crippen molar-refractivity contribution in [3.63, 3.8) is 0 Å². The highest BCUT2D eigenvalue weighted by Gasteiger charge is 2.38. The Bertz CT molecular complexity index is 669. The summed E-state index contributed by atoms with van der Waals surface area (Å²) in [5.74, 6) is -0.295. The molecule has 0 spiro atoms. The third kappa shape index (κ3) is 1.56. The van der Waals surface area contributed by atoms with Gasteiger partial charge in [0, 0.05) is 11.6 Å². The van der Waals surface area contributed by atoms with E-state index in [0.29, 0.717) is 0 Å². The summed E-state index contributed by atoms with van der Waals surface area (Å²) in [7, 11) is -3.78. The Balaban J connectivity index is 2.87. The first-order valence-corrected chi connectivity index (χ1v) is 6.82. The summed E-state index contributed by atoms with van der Waals surface area (Å²) in [6, 6.07) is 7.42. The lowest BCUT2D eigenvalue weighted by atomic mass is 10.1. The van der Waals surface area contributed by atoms with Crippen LogP contribution in [-0.2, 0) is 10.0 Å². The summed E-state index contributed by atoms with van der Waals surface area (Å²) in [6.07, 6.45) is 0. The molecule has 0 fully saturated rings. The molecule has 0 aromatic heterocycles. The summed E-state index contributed by atoms with van der Waals surface area (Å²) in [5.41, 5.74) is -0.0605. The van der Waals surface area contributed by atoms with Gasteiger partial charge < -0.3 is 5.11 Å². The van der Waals surface area contributed by atoms with Gasteiger partial charge in [0.15, 0.2) is 11.5 Å². The van der Waals surface area contributed by atoms with Crippen LogP contribution >= 0.6 is 0 Å². The van der Waals surface area contributed by atoms with E-state index in [9.17, 15) is 13.5 Å². The summed E-state index contributed by atoms with van der Waals surface area (Å²) < 4.78 is 25.7. The first-order valence-electron chi connectivity index (χ1n) is 5.38. The molecule has 2 rings (SSSR count). The second-order valence-electron chi connectivity index (χ2n) is 4.20. The average Bonchev–Trinajstić information content (AvgIpc) is 2.33. The Morgan fingerprint density at radius 2 is 1.94 bits per heavy atom. The predicted molar refractivity (Wildman–Crippen MR) is 65.8 cm³/mol. The molecule has 0 bridgehead atoms. The molecule has 18 heavy (non-hydrogen) atoms. The molecular weight excluding hydrogens is 252 g/mol. The van der Waals surface area contributed by atoms with E-state index in [1.54, 1.807) is 32.0 Å². The molecule has 94 valence electrons. The number of hydrogen-bond donors (Lipinski definition) is 1. The molecule has 0 saturated carbocycles. The number of sulfonamides is 1. The highest BCUT2D eigenvalue weighted by molar-refractivity contribution is 7.89. The lowest BCUT2D eigenvalue weighted by Crippen LogP contribution is -2.39. The SMILES string of the molecule is CC(C)N1C(C#N)=C(O)c2ccccc2S1(=O)=O. The largest absolute Gasteiger partial charge is 0.504 e. The maximum Gasteiger partial charge on any atom is 0.265 e. The van der Waals surface area contributed by atoms with Crippen molar-refractivity contribution >= 4 is 15.8 Å². The molecule has 6 heteroatoms. The van der Waals surface area contributed by atoms with Gasteiger partial charge in [0.2, 0.25) is 0 Å². The second-order valence-corrected chi connectivity index (χ2v) is 5.98. The number of aliphatic hydroxyl groups is 1. The fourth-order valence-corrected chi connectivity index (χ4v) is 3.81. The van der Waals surface area contributed by atoms with Crippen molar-refractivity contribution in [3.8, 4) is 6.07 Å². The zero-order valence-corrected chi connectivity index (χ0v) is 10.8. The zero-order chi connectivity index (χ0) is 13.5. The fourth-order valence-electron chi connectivity index (χ4n) is 1.98. The smallest absolute Gasteiger partial charge is 0.265 e. The third-order valence-electron chi connectivity index (χ3n) is 2.70. The highest BCUT2D eigenvalue weighted by atomic mass is 32.2. The normalized spacial score (nSPS) is 17.6. The monoisotopic (exact) mass is 264 g/mol. The number of benzene rings is 1. The van der Waals surface area contributed by atoms with Gasteiger partial charge in [-0.1, -0.05) is 12.1 Å². The molecule has 0 unspecified atom stereocenters. The van der Waals surface area contributed by atoms with Crippen LogP contribution < -0.4 is 0 Å². The lowest BCUT2D eigenvalue weighted by Gasteiger charge is -2.31. The van der Waals surface area contributed by atoms with E-state index in [1.807, 2.05) is 0 Å². The van der Waals surface area contributed by atoms with E-state index in [-0.39, 0.29) is 21.9 Å². The van der Waals surface area contributed by atoms with Crippen LogP contribution in [0.25, 0.3) is 5.76 Å². The maximum atomic E-state index is 12.4. The standard InChI is InChI=1S/C12H12N2O3S/c1-8(2)14-10(7-13)12(15)9-5-3-4-6-11(9)18(14,16)17/h3-6,8,15H,1-2H3. The predicted octanol–water partition coefficient (Wildman–Crippen LogP) is 1.85. The molecule has 0 saturated heterocycles. The minimum atomic E-state index is -3.78. The summed E-state index contributed by atoms with van der Waals surface area (Å²) >= 11 is 0. The average molecular weight is 264 g/mol. The number of rotatable bonds is 1. The topological polar surface area (TPSA) is 81.4 Å². The van der Waals surface area contributed by atoms with Crippen LogP contribution in [0.2, 0.25) is 0 Å². The summed E-state index contributed by atoms with van der Waals surface area (Å²) in [6.45, 7) is 3.30. The molecule has 0 aliphatic carbocycles. The van der Waals surface area contributed by atoms with Crippen LogP contribution in [0.3, 0.4) is 0 Å². The first-order chi connectivity index (χ1) is 8.41. The Hall–Kier alpha value is -2.00. The van der Waals surface area contributed by atoms with E-state index >= 15 is 0 Å². The maximum absolute atomic E-state index is 12.4. The van der Waals surface area contributed by atoms with Crippen molar-refractivity contribution in [1.82, 2.24) is 4.31 Å². The first kappa shape index (κ1) is 12.5. The highest BCUT2D eigenvalue weighted by Crippen LogP contribution is 2.36. The van der Waals surface area contributed by atoms with Crippen molar-refractivity contribution < 1.29 is 13.5 Å². The van der Waals surface area contributed by atoms with Gasteiger partial charge in [0.05, 0.1) is 4.90 Å². The molecule has 1 aliphatic heterocycles. The van der Waals surface area contributed by atoms with Crippen LogP contribution in [-0.4, -0.2) is 23.9 Å². The van der Waals surface area contributed by atoms with Crippen molar-refractivity contribution in [2.75, 3.05) is 0 Å². The molecular formula is C12H12N2O3S. The number of aliphatic hydroxyl groups excluding tert-OH is 1. The van der Waals surface area contributed by atoms with Gasteiger partial charge in [0.25, 0.3) is 10.0 Å². The van der Waals surface area contributed by atoms with Crippen LogP contribution in [0.15, 0.2) is 34.9 Å². The van der Waals surface area contributed by atoms with Crippen molar-refractivity contribution in [2.24, 2.45) is 0 Å². The zero-order valence-electron chi connectivity index (χ0n) is 9.95. The van der Waals surface area contributed by atoms with Crippen LogP contribution in [0.5, 0.6) is 0 Å². The van der Waals surface area contributed by atoms with Crippen molar-refractivity contribution in [2.45, 2.75) is 24.8 Å². The van der Waals surface area contributed by atoms with Crippen LogP contribution in [0.1, 0.15) is 19.4 Å². The molecule has 1 aromatic carbocycles. The van der Waals surface area contributed by atoms with E-state index in [1.165, 1.54) is 12.1 Å². The van der Waals surface area contributed by atoms with Gasteiger partial charge in [-0.2, -0.15) is 5.26 Å². The van der Waals surface area contributed by atoms with Gasteiger partial charge >= 0.3 is 0 Å². The van der Waals surface area contributed by atoms with E-state index in [0.717, 1.165) is 4.31 Å². The molecule has 0 amide bonds. The van der Waals surface area contributed by atoms with E-state index in [2.05, 4.69) is 0 Å². The van der Waals surface area contributed by atoms with E-state index in [4.69, 9.17) is 5.26 Å². The molecule has 1 heterocycles. The second kappa shape index (κ2) is 4.03. The van der Waals surface area contributed by atoms with Crippen LogP contribution in [0.4, 0.5) is 0 Å². The quantitative estimate of drug-likeness (QED) is 0.839. The Morgan fingerprint density at radius 3 is 2.50 bits per heavy atom. The van der Waals surface area contributed by atoms with E-state index < -0.39 is 16.1 Å². The number of nitrogens with zero attached hydrogens (tertiary/aromatic N) is 2. The molecule has 1 N–H and O–H groups in total.